The molecule has 1 heterocycles. The smallest absolute Gasteiger partial charge is 0.263 e. The molecule has 122 valence electrons. The lowest BCUT2D eigenvalue weighted by Crippen LogP contribution is -2.33. The standard InChI is InChI=1S/C15H15F2N3O2S/c1-8-13(14(22)19-7-6-18-9(2)21)23-15(20-8)12-10(16)4-3-5-11(12)17/h3-5H,6-7H2,1-2H3,(H,18,21)(H,19,22). The van der Waals surface area contributed by atoms with Gasteiger partial charge >= 0.3 is 0 Å². The molecule has 0 bridgehead atoms. The summed E-state index contributed by atoms with van der Waals surface area (Å²) in [5.74, 6) is -2.04. The Kier molecular flexibility index (Phi) is 5.38. The predicted molar refractivity (Wildman–Crippen MR) is 83.2 cm³/mol. The first-order chi connectivity index (χ1) is 10.9. The third-order valence-corrected chi connectivity index (χ3v) is 4.14. The Balaban J connectivity index is 2.15. The van der Waals surface area contributed by atoms with Crippen LogP contribution in [0, 0.1) is 18.6 Å². The first-order valence-corrected chi connectivity index (χ1v) is 7.66. The molecule has 8 heteroatoms. The van der Waals surface area contributed by atoms with Crippen LogP contribution in [0.3, 0.4) is 0 Å². The lowest BCUT2D eigenvalue weighted by Gasteiger charge is -2.04. The number of carbonyl (C=O) groups is 2. The summed E-state index contributed by atoms with van der Waals surface area (Å²) in [6, 6.07) is 3.55. The highest BCUT2D eigenvalue weighted by molar-refractivity contribution is 7.17. The van der Waals surface area contributed by atoms with Gasteiger partial charge in [-0.1, -0.05) is 6.07 Å². The van der Waals surface area contributed by atoms with E-state index in [0.29, 0.717) is 12.2 Å². The average molecular weight is 339 g/mol. The van der Waals surface area contributed by atoms with Crippen molar-refractivity contribution in [3.8, 4) is 10.6 Å². The van der Waals surface area contributed by atoms with Crippen LogP contribution in [0.4, 0.5) is 8.78 Å². The molecule has 5 nitrogen and oxygen atoms in total. The van der Waals surface area contributed by atoms with Crippen LogP contribution in [0.5, 0.6) is 0 Å². The van der Waals surface area contributed by atoms with E-state index in [1.807, 2.05) is 0 Å². The van der Waals surface area contributed by atoms with Crippen molar-refractivity contribution in [3.05, 3.63) is 40.4 Å². The van der Waals surface area contributed by atoms with Gasteiger partial charge in [-0.25, -0.2) is 13.8 Å². The van der Waals surface area contributed by atoms with Crippen LogP contribution in [0.1, 0.15) is 22.3 Å². The van der Waals surface area contributed by atoms with E-state index < -0.39 is 17.5 Å². The molecule has 2 amide bonds. The Morgan fingerprint density at radius 2 is 1.78 bits per heavy atom. The summed E-state index contributed by atoms with van der Waals surface area (Å²) in [5.41, 5.74) is 0.155. The number of nitrogens with zero attached hydrogens (tertiary/aromatic N) is 1. The number of halogens is 2. The van der Waals surface area contributed by atoms with Gasteiger partial charge in [0.25, 0.3) is 5.91 Å². The predicted octanol–water partition coefficient (Wildman–Crippen LogP) is 2.26. The summed E-state index contributed by atoms with van der Waals surface area (Å²) in [4.78, 5) is 27.2. The minimum Gasteiger partial charge on any atom is -0.355 e. The molecule has 0 spiro atoms. The van der Waals surface area contributed by atoms with Crippen molar-refractivity contribution in [1.29, 1.82) is 0 Å². The molecule has 0 aliphatic heterocycles. The van der Waals surface area contributed by atoms with Crippen molar-refractivity contribution < 1.29 is 18.4 Å². The number of thiazole rings is 1. The Morgan fingerprint density at radius 3 is 2.39 bits per heavy atom. The first-order valence-electron chi connectivity index (χ1n) is 6.84. The van der Waals surface area contributed by atoms with Gasteiger partial charge in [0.05, 0.1) is 11.3 Å². The second-order valence-corrected chi connectivity index (χ2v) is 5.77. The number of hydrogen-bond acceptors (Lipinski definition) is 4. The van der Waals surface area contributed by atoms with Gasteiger partial charge in [-0.2, -0.15) is 0 Å². The Bertz CT molecular complexity index is 726. The van der Waals surface area contributed by atoms with Crippen LogP contribution in [0.15, 0.2) is 18.2 Å². The summed E-state index contributed by atoms with van der Waals surface area (Å²) in [5, 5.41) is 5.28. The maximum Gasteiger partial charge on any atom is 0.263 e. The Morgan fingerprint density at radius 1 is 1.17 bits per heavy atom. The third-order valence-electron chi connectivity index (χ3n) is 2.96. The number of rotatable bonds is 5. The van der Waals surface area contributed by atoms with Crippen LogP contribution >= 0.6 is 11.3 Å². The van der Waals surface area contributed by atoms with E-state index in [1.165, 1.54) is 13.0 Å². The van der Waals surface area contributed by atoms with Gasteiger partial charge in [0.15, 0.2) is 0 Å². The van der Waals surface area contributed by atoms with E-state index in [0.717, 1.165) is 23.5 Å². The summed E-state index contributed by atoms with van der Waals surface area (Å²) >= 11 is 0.923. The molecule has 0 saturated carbocycles. The van der Waals surface area contributed by atoms with E-state index in [2.05, 4.69) is 15.6 Å². The highest BCUT2D eigenvalue weighted by atomic mass is 32.1. The van der Waals surface area contributed by atoms with Crippen LogP contribution < -0.4 is 10.6 Å². The zero-order valence-electron chi connectivity index (χ0n) is 12.6. The molecule has 0 radical (unpaired) electrons. The monoisotopic (exact) mass is 339 g/mol. The first kappa shape index (κ1) is 17.0. The largest absolute Gasteiger partial charge is 0.355 e. The maximum absolute atomic E-state index is 13.8. The minimum absolute atomic E-state index is 0.116. The zero-order chi connectivity index (χ0) is 17.0. The molecule has 0 fully saturated rings. The lowest BCUT2D eigenvalue weighted by molar-refractivity contribution is -0.118. The van der Waals surface area contributed by atoms with Crippen molar-refractivity contribution in [2.24, 2.45) is 0 Å². The molecular weight excluding hydrogens is 324 g/mol. The molecule has 0 saturated heterocycles. The van der Waals surface area contributed by atoms with E-state index in [1.54, 1.807) is 6.92 Å². The lowest BCUT2D eigenvalue weighted by atomic mass is 10.2. The topological polar surface area (TPSA) is 71.1 Å². The number of aryl methyl sites for hydroxylation is 1. The van der Waals surface area contributed by atoms with E-state index >= 15 is 0 Å². The number of nitrogens with one attached hydrogen (secondary N) is 2. The highest BCUT2D eigenvalue weighted by Crippen LogP contribution is 2.31. The van der Waals surface area contributed by atoms with Gasteiger partial charge in [0.1, 0.15) is 21.5 Å². The Labute approximate surface area is 135 Å². The summed E-state index contributed by atoms with van der Waals surface area (Å²) in [6.45, 7) is 3.53. The average Bonchev–Trinajstić information content (AvgIpc) is 2.84. The van der Waals surface area contributed by atoms with Crippen molar-refractivity contribution in [3.63, 3.8) is 0 Å². The van der Waals surface area contributed by atoms with Crippen molar-refractivity contribution >= 4 is 23.2 Å². The minimum atomic E-state index is -0.726. The number of benzene rings is 1. The van der Waals surface area contributed by atoms with Gasteiger partial charge in [0, 0.05) is 20.0 Å². The number of hydrogen-bond donors (Lipinski definition) is 2. The number of carbonyl (C=O) groups excluding carboxylic acids is 2. The van der Waals surface area contributed by atoms with Gasteiger partial charge in [0.2, 0.25) is 5.91 Å². The second kappa shape index (κ2) is 7.28. The highest BCUT2D eigenvalue weighted by Gasteiger charge is 2.20. The fourth-order valence-corrected chi connectivity index (χ4v) is 2.94. The van der Waals surface area contributed by atoms with Gasteiger partial charge in [-0.15, -0.1) is 11.3 Å². The quantitative estimate of drug-likeness (QED) is 0.821. The van der Waals surface area contributed by atoms with Crippen molar-refractivity contribution in [1.82, 2.24) is 15.6 Å². The SMILES string of the molecule is CC(=O)NCCNC(=O)c1sc(-c2c(F)cccc2F)nc1C. The summed E-state index contributed by atoms with van der Waals surface area (Å²) < 4.78 is 27.6. The maximum atomic E-state index is 13.8. The molecule has 2 rings (SSSR count). The van der Waals surface area contributed by atoms with Crippen LogP contribution in [0.2, 0.25) is 0 Å². The van der Waals surface area contributed by atoms with E-state index in [9.17, 15) is 18.4 Å². The Hall–Kier alpha value is -2.35. The number of aromatic nitrogens is 1. The molecular formula is C15H15F2N3O2S. The van der Waals surface area contributed by atoms with Crippen molar-refractivity contribution in [2.45, 2.75) is 13.8 Å². The number of amides is 2. The molecule has 0 aliphatic rings. The van der Waals surface area contributed by atoms with Gasteiger partial charge in [-0.3, -0.25) is 9.59 Å². The molecule has 0 aliphatic carbocycles. The van der Waals surface area contributed by atoms with Gasteiger partial charge in [-0.05, 0) is 19.1 Å². The molecule has 0 unspecified atom stereocenters. The molecule has 2 aromatic rings. The second-order valence-electron chi connectivity index (χ2n) is 4.77. The molecule has 23 heavy (non-hydrogen) atoms. The van der Waals surface area contributed by atoms with Crippen LogP contribution in [0.25, 0.3) is 10.6 Å². The van der Waals surface area contributed by atoms with Gasteiger partial charge < -0.3 is 10.6 Å². The van der Waals surface area contributed by atoms with Crippen LogP contribution in [-0.2, 0) is 4.79 Å². The van der Waals surface area contributed by atoms with E-state index in [-0.39, 0.29) is 27.9 Å². The fraction of sp³-hybridized carbons (Fsp3) is 0.267. The zero-order valence-corrected chi connectivity index (χ0v) is 13.4. The fourth-order valence-electron chi connectivity index (χ4n) is 1.91. The van der Waals surface area contributed by atoms with Crippen LogP contribution in [-0.4, -0.2) is 29.9 Å². The molecule has 1 aromatic carbocycles. The summed E-state index contributed by atoms with van der Waals surface area (Å²) in [7, 11) is 0. The molecule has 0 atom stereocenters. The normalized spacial score (nSPS) is 10.4. The van der Waals surface area contributed by atoms with E-state index in [4.69, 9.17) is 0 Å². The molecule has 1 aromatic heterocycles. The molecule has 2 N–H and O–H groups in total. The third kappa shape index (κ3) is 4.10. The van der Waals surface area contributed by atoms with Crippen molar-refractivity contribution in [2.75, 3.05) is 13.1 Å². The summed E-state index contributed by atoms with van der Waals surface area (Å²) in [6.07, 6.45) is 0.